The van der Waals surface area contributed by atoms with E-state index in [1.165, 1.54) is 12.8 Å². The van der Waals surface area contributed by atoms with Gasteiger partial charge in [0, 0.05) is 11.1 Å². The Hall–Kier alpha value is -1.42. The van der Waals surface area contributed by atoms with Crippen LogP contribution in [0.5, 0.6) is 11.5 Å². The number of nitrogens with one attached hydrogen (secondary N) is 1. The standard InChI is InChI=1S/C14H17ClN2O2/c1-18-12-6-9-8-16-17-14(15)11(9)7-13(12)19-10-4-2-3-5-10/h6-8,10,14,17H,2-5H2,1H3. The molecule has 102 valence electrons. The van der Waals surface area contributed by atoms with Crippen LogP contribution in [0.2, 0.25) is 0 Å². The molecule has 1 aromatic rings. The molecule has 1 atom stereocenters. The number of rotatable bonds is 3. The normalized spacial score (nSPS) is 21.9. The Kier molecular flexibility index (Phi) is 3.51. The number of nitrogens with zero attached hydrogens (tertiary/aromatic N) is 1. The Labute approximate surface area is 117 Å². The fourth-order valence-electron chi connectivity index (χ4n) is 2.60. The second kappa shape index (κ2) is 5.29. The van der Waals surface area contributed by atoms with Gasteiger partial charge in [0.2, 0.25) is 0 Å². The van der Waals surface area contributed by atoms with E-state index in [0.29, 0.717) is 6.10 Å². The summed E-state index contributed by atoms with van der Waals surface area (Å²) in [5.41, 5.74) is 4.46. The van der Waals surface area contributed by atoms with Crippen molar-refractivity contribution in [3.63, 3.8) is 0 Å². The summed E-state index contributed by atoms with van der Waals surface area (Å²) in [7, 11) is 1.65. The first-order valence-corrected chi connectivity index (χ1v) is 7.03. The molecule has 1 aliphatic carbocycles. The molecule has 1 aliphatic heterocycles. The smallest absolute Gasteiger partial charge is 0.162 e. The van der Waals surface area contributed by atoms with E-state index >= 15 is 0 Å². The largest absolute Gasteiger partial charge is 0.493 e. The number of hydrogen-bond donors (Lipinski definition) is 1. The molecule has 1 heterocycles. The quantitative estimate of drug-likeness (QED) is 0.683. The molecule has 5 heteroatoms. The summed E-state index contributed by atoms with van der Waals surface area (Å²) in [6.45, 7) is 0. The zero-order chi connectivity index (χ0) is 13.2. The number of methoxy groups -OCH3 is 1. The van der Waals surface area contributed by atoms with E-state index in [-0.39, 0.29) is 5.50 Å². The molecule has 0 aromatic heterocycles. The highest BCUT2D eigenvalue weighted by molar-refractivity contribution is 6.21. The van der Waals surface area contributed by atoms with Gasteiger partial charge < -0.3 is 9.47 Å². The van der Waals surface area contributed by atoms with Crippen LogP contribution in [0.3, 0.4) is 0 Å². The van der Waals surface area contributed by atoms with E-state index in [1.807, 2.05) is 12.1 Å². The average Bonchev–Trinajstić information content (AvgIpc) is 2.92. The second-order valence-corrected chi connectivity index (χ2v) is 5.34. The van der Waals surface area contributed by atoms with Crippen molar-refractivity contribution in [1.29, 1.82) is 0 Å². The van der Waals surface area contributed by atoms with Crippen molar-refractivity contribution >= 4 is 17.8 Å². The highest BCUT2D eigenvalue weighted by Crippen LogP contribution is 2.37. The lowest BCUT2D eigenvalue weighted by Gasteiger charge is -2.21. The lowest BCUT2D eigenvalue weighted by Crippen LogP contribution is -2.18. The van der Waals surface area contributed by atoms with E-state index < -0.39 is 0 Å². The molecule has 4 nitrogen and oxygen atoms in total. The molecule has 1 unspecified atom stereocenters. The lowest BCUT2D eigenvalue weighted by molar-refractivity contribution is 0.200. The van der Waals surface area contributed by atoms with Gasteiger partial charge in [0.1, 0.15) is 5.50 Å². The van der Waals surface area contributed by atoms with E-state index in [0.717, 1.165) is 35.5 Å². The average molecular weight is 281 g/mol. The maximum Gasteiger partial charge on any atom is 0.162 e. The Morgan fingerprint density at radius 2 is 2.05 bits per heavy atom. The van der Waals surface area contributed by atoms with Gasteiger partial charge in [0.15, 0.2) is 11.5 Å². The molecule has 1 fully saturated rings. The van der Waals surface area contributed by atoms with Crippen molar-refractivity contribution in [3.8, 4) is 11.5 Å². The van der Waals surface area contributed by atoms with Crippen molar-refractivity contribution in [3.05, 3.63) is 23.3 Å². The van der Waals surface area contributed by atoms with Crippen LogP contribution in [0.25, 0.3) is 0 Å². The number of hydrazone groups is 1. The number of hydrogen-bond acceptors (Lipinski definition) is 4. The maximum atomic E-state index is 6.21. The summed E-state index contributed by atoms with van der Waals surface area (Å²) in [5, 5.41) is 4.00. The minimum Gasteiger partial charge on any atom is -0.493 e. The summed E-state index contributed by atoms with van der Waals surface area (Å²) in [5.74, 6) is 1.51. The van der Waals surface area contributed by atoms with Gasteiger partial charge in [0.25, 0.3) is 0 Å². The summed E-state index contributed by atoms with van der Waals surface area (Å²) >= 11 is 6.21. The summed E-state index contributed by atoms with van der Waals surface area (Å²) in [6.07, 6.45) is 6.75. The second-order valence-electron chi connectivity index (χ2n) is 4.91. The van der Waals surface area contributed by atoms with Gasteiger partial charge in [-0.1, -0.05) is 11.6 Å². The number of alkyl halides is 1. The molecule has 3 rings (SSSR count). The summed E-state index contributed by atoms with van der Waals surface area (Å²) < 4.78 is 11.5. The minimum absolute atomic E-state index is 0.297. The third kappa shape index (κ3) is 2.50. The molecule has 1 saturated carbocycles. The zero-order valence-electron chi connectivity index (χ0n) is 10.9. The van der Waals surface area contributed by atoms with Crippen molar-refractivity contribution < 1.29 is 9.47 Å². The molecule has 1 aromatic carbocycles. The van der Waals surface area contributed by atoms with Gasteiger partial charge in [-0.3, -0.25) is 5.43 Å². The maximum absolute atomic E-state index is 6.21. The van der Waals surface area contributed by atoms with E-state index in [1.54, 1.807) is 13.3 Å². The van der Waals surface area contributed by atoms with Crippen LogP contribution in [0.1, 0.15) is 42.3 Å². The first-order valence-electron chi connectivity index (χ1n) is 6.59. The SMILES string of the molecule is COc1cc2c(cc1OC1CCCC1)C(Cl)NN=C2. The monoisotopic (exact) mass is 280 g/mol. The van der Waals surface area contributed by atoms with Crippen LogP contribution in [0.4, 0.5) is 0 Å². The Morgan fingerprint density at radius 3 is 2.79 bits per heavy atom. The topological polar surface area (TPSA) is 42.9 Å². The molecule has 2 aliphatic rings. The fraction of sp³-hybridized carbons (Fsp3) is 0.500. The Morgan fingerprint density at radius 1 is 1.26 bits per heavy atom. The predicted molar refractivity (Wildman–Crippen MR) is 75.2 cm³/mol. The van der Waals surface area contributed by atoms with Crippen molar-refractivity contribution in [1.82, 2.24) is 5.43 Å². The molecule has 0 bridgehead atoms. The van der Waals surface area contributed by atoms with Crippen LogP contribution < -0.4 is 14.9 Å². The van der Waals surface area contributed by atoms with Crippen LogP contribution in [-0.2, 0) is 0 Å². The minimum atomic E-state index is -0.322. The third-order valence-electron chi connectivity index (χ3n) is 3.63. The summed E-state index contributed by atoms with van der Waals surface area (Å²) in [6, 6.07) is 3.89. The van der Waals surface area contributed by atoms with Crippen LogP contribution >= 0.6 is 11.6 Å². The van der Waals surface area contributed by atoms with Crippen LogP contribution in [0.15, 0.2) is 17.2 Å². The van der Waals surface area contributed by atoms with E-state index in [4.69, 9.17) is 21.1 Å². The number of ether oxygens (including phenoxy) is 2. The van der Waals surface area contributed by atoms with E-state index in [2.05, 4.69) is 10.5 Å². The van der Waals surface area contributed by atoms with Crippen LogP contribution in [0, 0.1) is 0 Å². The number of fused-ring (bicyclic) bond motifs is 1. The lowest BCUT2D eigenvalue weighted by atomic mass is 10.1. The molecule has 0 spiro atoms. The first kappa shape index (κ1) is 12.6. The summed E-state index contributed by atoms with van der Waals surface area (Å²) in [4.78, 5) is 0. The number of halogens is 1. The molecule has 1 N–H and O–H groups in total. The van der Waals surface area contributed by atoms with E-state index in [9.17, 15) is 0 Å². The van der Waals surface area contributed by atoms with Gasteiger partial charge in [0.05, 0.1) is 19.4 Å². The molecular formula is C14H17ClN2O2. The fourth-order valence-corrected chi connectivity index (χ4v) is 2.85. The predicted octanol–water partition coefficient (Wildman–Crippen LogP) is 3.19. The van der Waals surface area contributed by atoms with Gasteiger partial charge >= 0.3 is 0 Å². The Bertz CT molecular complexity index is 498. The van der Waals surface area contributed by atoms with Gasteiger partial charge in [-0.05, 0) is 37.8 Å². The van der Waals surface area contributed by atoms with Crippen molar-refractivity contribution in [2.45, 2.75) is 37.3 Å². The van der Waals surface area contributed by atoms with Gasteiger partial charge in [-0.25, -0.2) is 0 Å². The molecule has 0 saturated heterocycles. The number of benzene rings is 1. The van der Waals surface area contributed by atoms with Gasteiger partial charge in [-0.2, -0.15) is 5.10 Å². The van der Waals surface area contributed by atoms with Crippen LogP contribution in [-0.4, -0.2) is 19.4 Å². The molecule has 0 amide bonds. The highest BCUT2D eigenvalue weighted by Gasteiger charge is 2.22. The Balaban J connectivity index is 1.93. The van der Waals surface area contributed by atoms with Crippen molar-refractivity contribution in [2.75, 3.05) is 7.11 Å². The third-order valence-corrected chi connectivity index (χ3v) is 3.96. The first-order chi connectivity index (χ1) is 9.28. The van der Waals surface area contributed by atoms with Gasteiger partial charge in [-0.15, -0.1) is 0 Å². The zero-order valence-corrected chi connectivity index (χ0v) is 11.6. The molecule has 0 radical (unpaired) electrons. The van der Waals surface area contributed by atoms with Crippen molar-refractivity contribution in [2.24, 2.45) is 5.10 Å². The molecule has 19 heavy (non-hydrogen) atoms. The highest BCUT2D eigenvalue weighted by atomic mass is 35.5. The molecular weight excluding hydrogens is 264 g/mol.